The number of halogens is 9. The minimum atomic E-state index is -4.81. The first-order valence-electron chi connectivity index (χ1n) is 12.5. The minimum absolute atomic E-state index is 0.0323. The Balaban J connectivity index is 1.85. The second-order valence-electron chi connectivity index (χ2n) is 9.59. The first-order valence-corrected chi connectivity index (χ1v) is 14.1. The molecule has 0 spiro atoms. The lowest BCUT2D eigenvalue weighted by Gasteiger charge is -2.25. The Kier molecular flexibility index (Phi) is 8.29. The Hall–Kier alpha value is -3.73. The third kappa shape index (κ3) is 6.92. The average Bonchev–Trinajstić information content (AvgIpc) is 3.30. The summed E-state index contributed by atoms with van der Waals surface area (Å²) in [6.07, 6.45) is -10.6. The molecule has 7 nitrogen and oxygen atoms in total. The van der Waals surface area contributed by atoms with Crippen LogP contribution in [0.2, 0.25) is 0 Å². The fourth-order valence-electron chi connectivity index (χ4n) is 4.89. The van der Waals surface area contributed by atoms with Gasteiger partial charge in [0.2, 0.25) is 0 Å². The lowest BCUT2D eigenvalue weighted by Crippen LogP contribution is -2.35. The maximum absolute atomic E-state index is 13.6. The molecule has 234 valence electrons. The van der Waals surface area contributed by atoms with Crippen molar-refractivity contribution in [1.29, 1.82) is 0 Å². The molecule has 3 aromatic rings. The molecule has 43 heavy (non-hydrogen) atoms. The molecule has 0 fully saturated rings. The van der Waals surface area contributed by atoms with Crippen LogP contribution in [0.25, 0.3) is 17.1 Å². The van der Waals surface area contributed by atoms with Gasteiger partial charge in [-0.3, -0.25) is 4.55 Å². The Labute approximate surface area is 239 Å². The molecule has 1 N–H and O–H groups in total. The van der Waals surface area contributed by atoms with Gasteiger partial charge in [0, 0.05) is 18.7 Å². The van der Waals surface area contributed by atoms with Gasteiger partial charge in [0.15, 0.2) is 11.0 Å². The van der Waals surface area contributed by atoms with E-state index in [1.807, 2.05) is 0 Å². The smallest absolute Gasteiger partial charge is 0.326 e. The van der Waals surface area contributed by atoms with Crippen LogP contribution < -0.4 is 14.4 Å². The number of allylic oxidation sites excluding steroid dienone is 2. The number of hydrogen-bond donors (Lipinski definition) is 1. The van der Waals surface area contributed by atoms with E-state index in [0.717, 1.165) is 30.3 Å². The summed E-state index contributed by atoms with van der Waals surface area (Å²) in [5.41, 5.74) is -2.16. The molecule has 2 heterocycles. The van der Waals surface area contributed by atoms with E-state index < -0.39 is 58.6 Å². The Morgan fingerprint density at radius 2 is 1.49 bits per heavy atom. The molecular formula is C26H24F9N4O3S+. The van der Waals surface area contributed by atoms with Crippen LogP contribution in [0.3, 0.4) is 0 Å². The van der Waals surface area contributed by atoms with Crippen molar-refractivity contribution in [3.63, 3.8) is 0 Å². The highest BCUT2D eigenvalue weighted by molar-refractivity contribution is 7.85. The number of imidazole rings is 1. The van der Waals surface area contributed by atoms with Gasteiger partial charge in [-0.2, -0.15) is 47.9 Å². The van der Waals surface area contributed by atoms with E-state index in [1.54, 1.807) is 6.92 Å². The first kappa shape index (κ1) is 32.2. The normalized spacial score (nSPS) is 15.9. The average molecular weight is 644 g/mol. The maximum atomic E-state index is 13.6. The standard InChI is InChI=1S/C26H23F9N4O3S/c1-3-37-19-10-8-17(26(33,34)35)14-21(19)39(15-24(27,28)29)23(37)6-4-5-22-36(2)18-9-7-16(25(30,31)32)13-20(18)38(22)11-12-43(40,41)42/h4-10,13-14H,3,11-12,15H2,1-2H3/p+1. The van der Waals surface area contributed by atoms with E-state index in [4.69, 9.17) is 0 Å². The fourth-order valence-corrected chi connectivity index (χ4v) is 5.30. The Morgan fingerprint density at radius 1 is 0.884 bits per heavy atom. The van der Waals surface area contributed by atoms with Gasteiger partial charge in [0.1, 0.15) is 24.7 Å². The monoisotopic (exact) mass is 643 g/mol. The van der Waals surface area contributed by atoms with Crippen molar-refractivity contribution in [2.75, 3.05) is 28.6 Å². The van der Waals surface area contributed by atoms with E-state index in [0.29, 0.717) is 11.0 Å². The van der Waals surface area contributed by atoms with E-state index in [-0.39, 0.29) is 40.6 Å². The van der Waals surface area contributed by atoms with Gasteiger partial charge < -0.3 is 9.80 Å². The fraction of sp³-hybridized carbons (Fsp3) is 0.346. The highest BCUT2D eigenvalue weighted by atomic mass is 32.2. The number of aromatic nitrogens is 2. The second kappa shape index (κ2) is 11.1. The van der Waals surface area contributed by atoms with Gasteiger partial charge in [0.25, 0.3) is 15.9 Å². The lowest BCUT2D eigenvalue weighted by molar-refractivity contribution is -0.647. The van der Waals surface area contributed by atoms with Crippen molar-refractivity contribution >= 4 is 38.6 Å². The number of anilines is 2. The topological polar surface area (TPSA) is 69.7 Å². The zero-order valence-electron chi connectivity index (χ0n) is 22.4. The molecule has 4 rings (SSSR count). The van der Waals surface area contributed by atoms with Gasteiger partial charge in [-0.1, -0.05) is 6.08 Å². The van der Waals surface area contributed by atoms with Crippen LogP contribution in [0.15, 0.2) is 54.4 Å². The first-order chi connectivity index (χ1) is 19.7. The molecule has 0 radical (unpaired) electrons. The van der Waals surface area contributed by atoms with Crippen LogP contribution in [0, 0.1) is 0 Å². The van der Waals surface area contributed by atoms with Crippen molar-refractivity contribution in [3.8, 4) is 0 Å². The van der Waals surface area contributed by atoms with Crippen LogP contribution in [-0.4, -0.2) is 42.6 Å². The summed E-state index contributed by atoms with van der Waals surface area (Å²) in [6, 6.07) is 5.23. The summed E-state index contributed by atoms with van der Waals surface area (Å²) in [7, 11) is -3.08. The molecule has 1 aromatic heterocycles. The molecule has 2 aromatic carbocycles. The molecule has 0 aliphatic carbocycles. The van der Waals surface area contributed by atoms with Crippen LogP contribution in [-0.2, 0) is 36.1 Å². The quantitative estimate of drug-likeness (QED) is 0.190. The van der Waals surface area contributed by atoms with Crippen LogP contribution in [0.5, 0.6) is 0 Å². The highest BCUT2D eigenvalue weighted by Gasteiger charge is 2.41. The van der Waals surface area contributed by atoms with Crippen molar-refractivity contribution < 1.29 is 57.1 Å². The molecule has 0 unspecified atom stereocenters. The Morgan fingerprint density at radius 3 is 2.05 bits per heavy atom. The summed E-state index contributed by atoms with van der Waals surface area (Å²) in [5, 5.41) is 0. The van der Waals surface area contributed by atoms with Crippen molar-refractivity contribution in [2.24, 2.45) is 7.05 Å². The van der Waals surface area contributed by atoms with E-state index in [2.05, 4.69) is 0 Å². The van der Waals surface area contributed by atoms with E-state index >= 15 is 0 Å². The SMILES string of the molecule is CCN1C(=CC=Cc2n(CCS(=O)(=O)O)c3cc(C(F)(F)F)ccc3[n+]2C)N(CC(F)(F)F)c2cc(C(F)(F)F)ccc21. The number of fused-ring (bicyclic) bond motifs is 2. The number of alkyl halides is 9. The maximum Gasteiger partial charge on any atom is 0.416 e. The number of hydrogen-bond acceptors (Lipinski definition) is 4. The number of benzene rings is 2. The predicted octanol–water partition coefficient (Wildman–Crippen LogP) is 6.15. The molecule has 1 aliphatic rings. The molecule has 0 atom stereocenters. The Bertz CT molecular complexity index is 1710. The zero-order chi connectivity index (χ0) is 32.1. The highest BCUT2D eigenvalue weighted by Crippen LogP contribution is 2.45. The van der Waals surface area contributed by atoms with Gasteiger partial charge >= 0.3 is 18.5 Å². The molecule has 0 amide bonds. The zero-order valence-corrected chi connectivity index (χ0v) is 23.2. The van der Waals surface area contributed by atoms with Crippen molar-refractivity contribution in [1.82, 2.24) is 4.57 Å². The molecule has 0 saturated heterocycles. The summed E-state index contributed by atoms with van der Waals surface area (Å²) < 4.78 is 156. The van der Waals surface area contributed by atoms with Gasteiger partial charge in [-0.15, -0.1) is 0 Å². The molecule has 0 bridgehead atoms. The van der Waals surface area contributed by atoms with Gasteiger partial charge in [-0.05, 0) is 43.3 Å². The van der Waals surface area contributed by atoms with Crippen LogP contribution in [0.4, 0.5) is 50.9 Å². The summed E-state index contributed by atoms with van der Waals surface area (Å²) in [5.74, 6) is -0.850. The number of rotatable bonds is 7. The third-order valence-electron chi connectivity index (χ3n) is 6.73. The van der Waals surface area contributed by atoms with E-state index in [9.17, 15) is 52.5 Å². The van der Waals surface area contributed by atoms with Crippen LogP contribution in [0.1, 0.15) is 23.9 Å². The molecule has 1 aliphatic heterocycles. The van der Waals surface area contributed by atoms with Crippen molar-refractivity contribution in [2.45, 2.75) is 32.0 Å². The lowest BCUT2D eigenvalue weighted by atomic mass is 10.1. The molecular weight excluding hydrogens is 619 g/mol. The number of nitrogens with zero attached hydrogens (tertiary/aromatic N) is 4. The predicted molar refractivity (Wildman–Crippen MR) is 140 cm³/mol. The van der Waals surface area contributed by atoms with Gasteiger partial charge in [0.05, 0.1) is 29.5 Å². The largest absolute Gasteiger partial charge is 0.416 e. The molecule has 0 saturated carbocycles. The van der Waals surface area contributed by atoms with Gasteiger partial charge in [-0.25, -0.2) is 9.13 Å². The third-order valence-corrected chi connectivity index (χ3v) is 7.43. The second-order valence-corrected chi connectivity index (χ2v) is 11.2. The summed E-state index contributed by atoms with van der Waals surface area (Å²) >= 11 is 0. The number of aryl methyl sites for hydroxylation is 2. The summed E-state index contributed by atoms with van der Waals surface area (Å²) in [4.78, 5) is 2.05. The van der Waals surface area contributed by atoms with Crippen LogP contribution >= 0.6 is 0 Å². The van der Waals surface area contributed by atoms with Crippen molar-refractivity contribution in [3.05, 3.63) is 71.3 Å². The van der Waals surface area contributed by atoms with E-state index in [1.165, 1.54) is 39.3 Å². The minimum Gasteiger partial charge on any atom is -0.326 e. The summed E-state index contributed by atoms with van der Waals surface area (Å²) in [6.45, 7) is -0.419. The molecule has 17 heteroatoms.